The van der Waals surface area contributed by atoms with Crippen molar-refractivity contribution >= 4 is 29.8 Å². The lowest BCUT2D eigenvalue weighted by atomic mass is 10.1. The molecule has 0 unspecified atom stereocenters. The molecule has 0 heterocycles. The van der Waals surface area contributed by atoms with Gasteiger partial charge in [-0.05, 0) is 30.3 Å². The maximum Gasteiger partial charge on any atom is 0.416 e. The molecule has 148 valence electrons. The number of hydrogen-bond donors (Lipinski definition) is 1. The monoisotopic (exact) mass is 396 g/mol. The molecule has 2 rings (SSSR count). The zero-order chi connectivity index (χ0) is 20.7. The largest absolute Gasteiger partial charge is 0.495 e. The number of alkyl halides is 3. The lowest BCUT2D eigenvalue weighted by Crippen LogP contribution is -2.07. The smallest absolute Gasteiger partial charge is 0.416 e. The van der Waals surface area contributed by atoms with Crippen LogP contribution in [0.15, 0.2) is 47.5 Å². The number of nitrogens with zero attached hydrogens (tertiary/aromatic N) is 1. The van der Waals surface area contributed by atoms with Crippen LogP contribution < -0.4 is 10.1 Å². The van der Waals surface area contributed by atoms with Crippen molar-refractivity contribution in [2.75, 3.05) is 19.5 Å². The molecule has 0 fully saturated rings. The number of para-hydroxylation sites is 1. The summed E-state index contributed by atoms with van der Waals surface area (Å²) in [6, 6.07) is 6.99. The summed E-state index contributed by atoms with van der Waals surface area (Å²) in [7, 11) is 2.50. The Balaban J connectivity index is 2.30. The predicted octanol–water partition coefficient (Wildman–Crippen LogP) is 4.81. The van der Waals surface area contributed by atoms with Crippen LogP contribution in [-0.4, -0.2) is 26.5 Å². The number of carbonyl (C=O) groups excluding carboxylic acids is 1. The van der Waals surface area contributed by atoms with Crippen LogP contribution in [0.1, 0.15) is 11.1 Å². The number of ether oxygens (including phenoxy) is 2. The molecular weight excluding hydrogens is 380 g/mol. The lowest BCUT2D eigenvalue weighted by molar-refractivity contribution is -0.137. The van der Waals surface area contributed by atoms with Crippen LogP contribution in [0.3, 0.4) is 0 Å². The Bertz CT molecular complexity index is 909. The van der Waals surface area contributed by atoms with E-state index in [1.807, 2.05) is 0 Å². The zero-order valence-electron chi connectivity index (χ0n) is 14.9. The number of aliphatic imine (C=N–C) groups is 1. The predicted molar refractivity (Wildman–Crippen MR) is 97.2 cm³/mol. The fourth-order valence-corrected chi connectivity index (χ4v) is 2.19. The molecule has 5 nitrogen and oxygen atoms in total. The van der Waals surface area contributed by atoms with Crippen molar-refractivity contribution in [3.63, 3.8) is 0 Å². The van der Waals surface area contributed by atoms with E-state index < -0.39 is 23.5 Å². The molecule has 0 bridgehead atoms. The molecule has 0 amide bonds. The van der Waals surface area contributed by atoms with E-state index in [1.165, 1.54) is 32.4 Å². The summed E-state index contributed by atoms with van der Waals surface area (Å²) >= 11 is 0. The van der Waals surface area contributed by atoms with Crippen LogP contribution in [0.2, 0.25) is 0 Å². The van der Waals surface area contributed by atoms with Crippen LogP contribution in [0.25, 0.3) is 6.08 Å². The summed E-state index contributed by atoms with van der Waals surface area (Å²) in [6.07, 6.45) is -1.09. The Morgan fingerprint density at radius 1 is 1.18 bits per heavy atom. The number of esters is 1. The molecule has 2 aromatic rings. The van der Waals surface area contributed by atoms with Crippen molar-refractivity contribution in [3.05, 3.63) is 59.4 Å². The number of halogens is 4. The number of benzene rings is 2. The molecule has 0 aromatic heterocycles. The molecule has 1 N–H and O–H groups in total. The first-order chi connectivity index (χ1) is 13.3. The molecule has 9 heteroatoms. The van der Waals surface area contributed by atoms with Gasteiger partial charge in [0.05, 0.1) is 31.8 Å². The van der Waals surface area contributed by atoms with Gasteiger partial charge in [0.25, 0.3) is 0 Å². The van der Waals surface area contributed by atoms with Crippen LogP contribution >= 0.6 is 0 Å². The minimum atomic E-state index is -4.53. The minimum absolute atomic E-state index is 0.00377. The van der Waals surface area contributed by atoms with Gasteiger partial charge >= 0.3 is 12.1 Å². The van der Waals surface area contributed by atoms with Gasteiger partial charge in [0.1, 0.15) is 17.3 Å². The SMILES string of the molecule is COC(=O)/C=C/c1cccc(F)c1N=CNc1cc(C(F)(F)F)ccc1OC. The maximum atomic E-state index is 14.1. The summed E-state index contributed by atoms with van der Waals surface area (Å²) in [6.45, 7) is 0. The van der Waals surface area contributed by atoms with E-state index in [4.69, 9.17) is 4.74 Å². The van der Waals surface area contributed by atoms with E-state index in [-0.39, 0.29) is 22.7 Å². The first kappa shape index (κ1) is 20.9. The first-order valence-corrected chi connectivity index (χ1v) is 7.85. The highest BCUT2D eigenvalue weighted by atomic mass is 19.4. The van der Waals surface area contributed by atoms with E-state index in [1.54, 1.807) is 0 Å². The summed E-state index contributed by atoms with van der Waals surface area (Å²) in [5.41, 5.74) is -0.707. The number of rotatable bonds is 6. The molecule has 0 atom stereocenters. The van der Waals surface area contributed by atoms with E-state index in [2.05, 4.69) is 15.0 Å². The molecule has 0 saturated carbocycles. The highest BCUT2D eigenvalue weighted by Crippen LogP contribution is 2.34. The number of anilines is 1. The van der Waals surface area contributed by atoms with E-state index in [0.29, 0.717) is 0 Å². The second-order valence-electron chi connectivity index (χ2n) is 5.35. The lowest BCUT2D eigenvalue weighted by Gasteiger charge is -2.12. The molecule has 0 radical (unpaired) electrons. The third-order valence-corrected chi connectivity index (χ3v) is 3.56. The standard InChI is InChI=1S/C19H16F4N2O3/c1-27-16-8-7-13(19(21,22)23)10-15(16)24-11-25-18-12(4-3-5-14(18)20)6-9-17(26)28-2/h3-11H,1-2H3,(H,24,25)/b9-6+. The van der Waals surface area contributed by atoms with Crippen LogP contribution in [0, 0.1) is 5.82 Å². The number of hydrogen-bond acceptors (Lipinski definition) is 4. The quantitative estimate of drug-likeness (QED) is 0.250. The van der Waals surface area contributed by atoms with E-state index in [0.717, 1.165) is 36.7 Å². The van der Waals surface area contributed by atoms with Crippen LogP contribution in [0.5, 0.6) is 5.75 Å². The van der Waals surface area contributed by atoms with Gasteiger partial charge in [0, 0.05) is 11.6 Å². The summed E-state index contributed by atoms with van der Waals surface area (Å²) in [4.78, 5) is 15.1. The van der Waals surface area contributed by atoms with Gasteiger partial charge in [-0.3, -0.25) is 0 Å². The topological polar surface area (TPSA) is 59.9 Å². The van der Waals surface area contributed by atoms with Gasteiger partial charge in [0.2, 0.25) is 0 Å². The average Bonchev–Trinajstić information content (AvgIpc) is 2.66. The average molecular weight is 396 g/mol. The fourth-order valence-electron chi connectivity index (χ4n) is 2.19. The second-order valence-corrected chi connectivity index (χ2v) is 5.35. The van der Waals surface area contributed by atoms with Crippen molar-refractivity contribution in [2.24, 2.45) is 4.99 Å². The number of carbonyl (C=O) groups is 1. The molecule has 0 aliphatic rings. The van der Waals surface area contributed by atoms with Gasteiger partial charge in [-0.25, -0.2) is 14.2 Å². The Labute approximate surface area is 158 Å². The van der Waals surface area contributed by atoms with Gasteiger partial charge in [-0.15, -0.1) is 0 Å². The zero-order valence-corrected chi connectivity index (χ0v) is 14.9. The molecule has 0 aliphatic carbocycles. The third kappa shape index (κ3) is 5.32. The number of methoxy groups -OCH3 is 2. The normalized spacial score (nSPS) is 11.8. The van der Waals surface area contributed by atoms with E-state index in [9.17, 15) is 22.4 Å². The van der Waals surface area contributed by atoms with Gasteiger partial charge in [-0.2, -0.15) is 13.2 Å². The van der Waals surface area contributed by atoms with Crippen molar-refractivity contribution < 1.29 is 31.8 Å². The van der Waals surface area contributed by atoms with E-state index >= 15 is 0 Å². The van der Waals surface area contributed by atoms with Crippen LogP contribution in [0.4, 0.5) is 28.9 Å². The van der Waals surface area contributed by atoms with Gasteiger partial charge in [-0.1, -0.05) is 12.1 Å². The highest BCUT2D eigenvalue weighted by molar-refractivity contribution is 5.89. The molecule has 0 saturated heterocycles. The van der Waals surface area contributed by atoms with Gasteiger partial charge in [0.15, 0.2) is 0 Å². The highest BCUT2D eigenvalue weighted by Gasteiger charge is 2.31. The summed E-state index contributed by atoms with van der Waals surface area (Å²) < 4.78 is 62.2. The molecular formula is C19H16F4N2O3. The van der Waals surface area contributed by atoms with Crippen molar-refractivity contribution in [1.82, 2.24) is 0 Å². The first-order valence-electron chi connectivity index (χ1n) is 7.85. The molecule has 28 heavy (non-hydrogen) atoms. The summed E-state index contributed by atoms with van der Waals surface area (Å²) in [5, 5.41) is 2.56. The molecule has 0 spiro atoms. The van der Waals surface area contributed by atoms with Crippen LogP contribution in [-0.2, 0) is 15.7 Å². The van der Waals surface area contributed by atoms with Gasteiger partial charge < -0.3 is 14.8 Å². The Kier molecular flexibility index (Phi) is 6.75. The minimum Gasteiger partial charge on any atom is -0.495 e. The molecule has 2 aromatic carbocycles. The number of nitrogens with one attached hydrogen (secondary N) is 1. The Hall–Kier alpha value is -3.36. The van der Waals surface area contributed by atoms with Crippen molar-refractivity contribution in [2.45, 2.75) is 6.18 Å². The fraction of sp³-hybridized carbons (Fsp3) is 0.158. The van der Waals surface area contributed by atoms with Crippen molar-refractivity contribution in [1.29, 1.82) is 0 Å². The Morgan fingerprint density at radius 3 is 2.57 bits per heavy atom. The van der Waals surface area contributed by atoms with Crippen molar-refractivity contribution in [3.8, 4) is 5.75 Å². The Morgan fingerprint density at radius 2 is 1.93 bits per heavy atom. The maximum absolute atomic E-state index is 14.1. The summed E-state index contributed by atoms with van der Waals surface area (Å²) in [5.74, 6) is -1.16. The molecule has 0 aliphatic heterocycles. The third-order valence-electron chi connectivity index (χ3n) is 3.56. The second kappa shape index (κ2) is 9.03.